The highest BCUT2D eigenvalue weighted by atomic mass is 32.2. The average molecular weight is 460 g/mol. The first-order valence-electron chi connectivity index (χ1n) is 10.4. The van der Waals surface area contributed by atoms with E-state index in [0.29, 0.717) is 0 Å². The minimum absolute atomic E-state index is 0.0882. The summed E-state index contributed by atoms with van der Waals surface area (Å²) in [6.45, 7) is 5.63. The zero-order valence-electron chi connectivity index (χ0n) is 17.6. The number of aryl methyl sites for hydroxylation is 1. The highest BCUT2D eigenvalue weighted by Crippen LogP contribution is 2.28. The normalized spacial score (nSPS) is 17.1. The van der Waals surface area contributed by atoms with Crippen LogP contribution in [0, 0.1) is 19.7 Å². The average Bonchev–Trinajstić information content (AvgIpc) is 3.51. The van der Waals surface area contributed by atoms with Crippen molar-refractivity contribution in [2.24, 2.45) is 0 Å². The molecule has 1 saturated heterocycles. The van der Waals surface area contributed by atoms with Gasteiger partial charge in [-0.05, 0) is 55.8 Å². The van der Waals surface area contributed by atoms with Crippen LogP contribution in [0.3, 0.4) is 0 Å². The Morgan fingerprint density at radius 3 is 2.84 bits per heavy atom. The van der Waals surface area contributed by atoms with E-state index in [-0.39, 0.29) is 29.6 Å². The van der Waals surface area contributed by atoms with Gasteiger partial charge in [0.25, 0.3) is 0 Å². The number of thiophene rings is 1. The van der Waals surface area contributed by atoms with Crippen LogP contribution in [0.25, 0.3) is 0 Å². The number of nitrogens with one attached hydrogen (secondary N) is 1. The highest BCUT2D eigenvalue weighted by Gasteiger charge is 2.22. The van der Waals surface area contributed by atoms with Gasteiger partial charge in [-0.1, -0.05) is 30.0 Å². The molecule has 4 rings (SSSR count). The Morgan fingerprint density at radius 1 is 1.35 bits per heavy atom. The number of hydrogen-bond acceptors (Lipinski definition) is 5. The summed E-state index contributed by atoms with van der Waals surface area (Å²) in [5, 5.41) is 5.92. The molecule has 3 heterocycles. The van der Waals surface area contributed by atoms with Crippen molar-refractivity contribution in [3.05, 3.63) is 69.4 Å². The smallest absolute Gasteiger partial charge is 0.231 e. The van der Waals surface area contributed by atoms with Gasteiger partial charge in [0.2, 0.25) is 5.91 Å². The van der Waals surface area contributed by atoms with Gasteiger partial charge in [0.05, 0.1) is 30.1 Å². The van der Waals surface area contributed by atoms with E-state index >= 15 is 0 Å². The Balaban J connectivity index is 1.44. The Bertz CT molecular complexity index is 1010. The van der Waals surface area contributed by atoms with E-state index in [9.17, 15) is 9.18 Å². The topological polar surface area (TPSA) is 56.2 Å². The van der Waals surface area contributed by atoms with Gasteiger partial charge in [-0.25, -0.2) is 9.37 Å². The molecule has 1 amide bonds. The van der Waals surface area contributed by atoms with Crippen LogP contribution in [-0.2, 0) is 16.1 Å². The molecule has 8 heteroatoms. The Hall–Kier alpha value is -2.16. The van der Waals surface area contributed by atoms with Crippen LogP contribution in [0.5, 0.6) is 0 Å². The minimum atomic E-state index is -0.302. The molecular weight excluding hydrogens is 433 g/mol. The van der Waals surface area contributed by atoms with Gasteiger partial charge in [-0.2, -0.15) is 0 Å². The van der Waals surface area contributed by atoms with Crippen molar-refractivity contribution in [1.82, 2.24) is 14.9 Å². The lowest BCUT2D eigenvalue weighted by Crippen LogP contribution is -2.30. The second-order valence-corrected chi connectivity index (χ2v) is 9.59. The van der Waals surface area contributed by atoms with Crippen molar-refractivity contribution in [2.45, 2.75) is 50.5 Å². The molecule has 31 heavy (non-hydrogen) atoms. The van der Waals surface area contributed by atoms with E-state index in [1.165, 1.54) is 23.9 Å². The highest BCUT2D eigenvalue weighted by molar-refractivity contribution is 7.99. The fourth-order valence-electron chi connectivity index (χ4n) is 3.70. The summed E-state index contributed by atoms with van der Waals surface area (Å²) >= 11 is 3.00. The number of rotatable bonds is 8. The number of nitrogens with zero attached hydrogens (tertiary/aromatic N) is 2. The summed E-state index contributed by atoms with van der Waals surface area (Å²) in [7, 11) is 0. The Labute approximate surface area is 190 Å². The third-order valence-electron chi connectivity index (χ3n) is 5.50. The van der Waals surface area contributed by atoms with Gasteiger partial charge in [-0.15, -0.1) is 11.3 Å². The molecule has 1 fully saturated rings. The van der Waals surface area contributed by atoms with Gasteiger partial charge in [0, 0.05) is 17.2 Å². The van der Waals surface area contributed by atoms with Crippen molar-refractivity contribution in [3.8, 4) is 0 Å². The fourth-order valence-corrected chi connectivity index (χ4v) is 5.42. The van der Waals surface area contributed by atoms with Crippen molar-refractivity contribution < 1.29 is 13.9 Å². The molecule has 1 aromatic carbocycles. The maximum Gasteiger partial charge on any atom is 0.231 e. The van der Waals surface area contributed by atoms with E-state index < -0.39 is 0 Å². The standard InChI is InChI=1S/C23H26FN3O2S2/c1-15-16(2)27(13-19-5-3-11-29-19)23(25-15)31-14-21(28)26-22(20-6-4-12-30-20)17-7-9-18(24)10-8-17/h4,6-10,12,19,22H,3,5,11,13-14H2,1-2H3,(H,26,28)/t19-,22-/m1/s1. The molecule has 164 valence electrons. The summed E-state index contributed by atoms with van der Waals surface area (Å²) in [4.78, 5) is 18.5. The molecule has 0 spiro atoms. The number of halogens is 1. The van der Waals surface area contributed by atoms with E-state index in [1.807, 2.05) is 24.4 Å². The molecule has 0 saturated carbocycles. The first-order valence-corrected chi connectivity index (χ1v) is 12.2. The summed E-state index contributed by atoms with van der Waals surface area (Å²) in [6, 6.07) is 9.90. The number of benzene rings is 1. The third-order valence-corrected chi connectivity index (χ3v) is 7.42. The molecule has 0 bridgehead atoms. The number of amides is 1. The Kier molecular flexibility index (Phi) is 7.09. The molecule has 0 aliphatic carbocycles. The maximum absolute atomic E-state index is 13.4. The summed E-state index contributed by atoms with van der Waals surface area (Å²) in [5.41, 5.74) is 2.94. The van der Waals surface area contributed by atoms with E-state index in [2.05, 4.69) is 21.8 Å². The molecule has 1 aliphatic rings. The predicted molar refractivity (Wildman–Crippen MR) is 122 cm³/mol. The first kappa shape index (κ1) is 22.0. The zero-order valence-corrected chi connectivity index (χ0v) is 19.3. The minimum Gasteiger partial charge on any atom is -0.376 e. The van der Waals surface area contributed by atoms with Crippen LogP contribution in [0.4, 0.5) is 4.39 Å². The summed E-state index contributed by atoms with van der Waals surface area (Å²) in [5.74, 6) is -0.126. The van der Waals surface area contributed by atoms with Gasteiger partial charge < -0.3 is 14.6 Å². The van der Waals surface area contributed by atoms with Gasteiger partial charge in [0.15, 0.2) is 5.16 Å². The number of imidazole rings is 1. The van der Waals surface area contributed by atoms with Crippen molar-refractivity contribution in [3.63, 3.8) is 0 Å². The van der Waals surface area contributed by atoms with Crippen molar-refractivity contribution in [2.75, 3.05) is 12.4 Å². The fraction of sp³-hybridized carbons (Fsp3) is 0.391. The molecule has 5 nitrogen and oxygen atoms in total. The van der Waals surface area contributed by atoms with Crippen LogP contribution in [0.1, 0.15) is 40.7 Å². The molecule has 1 aliphatic heterocycles. The van der Waals surface area contributed by atoms with Crippen LogP contribution in [0.15, 0.2) is 46.9 Å². The second kappa shape index (κ2) is 9.97. The second-order valence-electron chi connectivity index (χ2n) is 7.67. The van der Waals surface area contributed by atoms with Crippen LogP contribution in [-0.4, -0.2) is 33.9 Å². The van der Waals surface area contributed by atoms with Gasteiger partial charge in [0.1, 0.15) is 5.82 Å². The van der Waals surface area contributed by atoms with E-state index in [4.69, 9.17) is 4.74 Å². The number of carbonyl (C=O) groups is 1. The molecule has 2 atom stereocenters. The molecule has 1 N–H and O–H groups in total. The monoisotopic (exact) mass is 459 g/mol. The van der Waals surface area contributed by atoms with Crippen LogP contribution in [0.2, 0.25) is 0 Å². The third kappa shape index (κ3) is 5.37. The lowest BCUT2D eigenvalue weighted by atomic mass is 10.1. The number of thioether (sulfide) groups is 1. The molecule has 0 unspecified atom stereocenters. The molecule has 2 aromatic heterocycles. The van der Waals surface area contributed by atoms with E-state index in [0.717, 1.165) is 53.0 Å². The number of hydrogen-bond donors (Lipinski definition) is 1. The predicted octanol–water partition coefficient (Wildman–Crippen LogP) is 4.88. The summed E-state index contributed by atoms with van der Waals surface area (Å²) < 4.78 is 21.3. The number of carbonyl (C=O) groups excluding carboxylic acids is 1. The van der Waals surface area contributed by atoms with Crippen LogP contribution < -0.4 is 5.32 Å². The molecule has 3 aromatic rings. The van der Waals surface area contributed by atoms with Gasteiger partial charge >= 0.3 is 0 Å². The number of ether oxygens (including phenoxy) is 1. The maximum atomic E-state index is 13.4. The van der Waals surface area contributed by atoms with Crippen molar-refractivity contribution in [1.29, 1.82) is 0 Å². The van der Waals surface area contributed by atoms with Crippen molar-refractivity contribution >= 4 is 29.0 Å². The molecule has 0 radical (unpaired) electrons. The van der Waals surface area contributed by atoms with Crippen LogP contribution >= 0.6 is 23.1 Å². The number of aromatic nitrogens is 2. The quantitative estimate of drug-likeness (QED) is 0.488. The lowest BCUT2D eigenvalue weighted by Gasteiger charge is -2.18. The summed E-state index contributed by atoms with van der Waals surface area (Å²) in [6.07, 6.45) is 2.36. The molecular formula is C23H26FN3O2S2. The van der Waals surface area contributed by atoms with E-state index in [1.54, 1.807) is 23.5 Å². The SMILES string of the molecule is Cc1nc(SCC(=O)N[C@H](c2ccc(F)cc2)c2cccs2)n(C[C@H]2CCCO2)c1C. The largest absolute Gasteiger partial charge is 0.376 e. The zero-order chi connectivity index (χ0) is 21.8. The Morgan fingerprint density at radius 2 is 2.16 bits per heavy atom. The van der Waals surface area contributed by atoms with Gasteiger partial charge in [-0.3, -0.25) is 4.79 Å². The first-order chi connectivity index (χ1) is 15.0. The lowest BCUT2D eigenvalue weighted by molar-refractivity contribution is -0.119.